The lowest BCUT2D eigenvalue weighted by molar-refractivity contribution is 0.154. The van der Waals surface area contributed by atoms with Crippen molar-refractivity contribution in [2.45, 2.75) is 27.2 Å². The van der Waals surface area contributed by atoms with Crippen molar-refractivity contribution in [3.8, 4) is 5.88 Å². The van der Waals surface area contributed by atoms with Gasteiger partial charge in [-0.3, -0.25) is 0 Å². The van der Waals surface area contributed by atoms with Crippen LogP contribution in [0, 0.1) is 18.8 Å². The van der Waals surface area contributed by atoms with E-state index < -0.39 is 0 Å². The molecular formula is C14H24N4O2. The van der Waals surface area contributed by atoms with Crippen molar-refractivity contribution in [1.82, 2.24) is 14.7 Å². The normalized spacial score (nSPS) is 22.8. The summed E-state index contributed by atoms with van der Waals surface area (Å²) in [6, 6.07) is -0.0712. The maximum atomic E-state index is 12.4. The highest BCUT2D eigenvalue weighted by Crippen LogP contribution is 2.28. The molecule has 1 N–H and O–H groups in total. The van der Waals surface area contributed by atoms with Crippen LogP contribution in [0.4, 0.5) is 10.5 Å². The summed E-state index contributed by atoms with van der Waals surface area (Å²) in [7, 11) is 3.38. The number of anilines is 1. The highest BCUT2D eigenvalue weighted by Gasteiger charge is 2.27. The monoisotopic (exact) mass is 280 g/mol. The van der Waals surface area contributed by atoms with Gasteiger partial charge in [-0.25, -0.2) is 9.48 Å². The Morgan fingerprint density at radius 3 is 2.70 bits per heavy atom. The van der Waals surface area contributed by atoms with E-state index in [0.29, 0.717) is 23.4 Å². The number of hydrogen-bond donors (Lipinski definition) is 1. The van der Waals surface area contributed by atoms with Gasteiger partial charge in [-0.2, -0.15) is 5.10 Å². The molecule has 6 heteroatoms. The molecule has 2 unspecified atom stereocenters. The number of aromatic nitrogens is 2. The van der Waals surface area contributed by atoms with Gasteiger partial charge in [-0.05, 0) is 25.2 Å². The molecule has 0 saturated carbocycles. The highest BCUT2D eigenvalue weighted by atomic mass is 16.5. The van der Waals surface area contributed by atoms with Gasteiger partial charge in [0, 0.05) is 20.1 Å². The Hall–Kier alpha value is -1.72. The average molecular weight is 280 g/mol. The predicted molar refractivity (Wildman–Crippen MR) is 78.0 cm³/mol. The minimum absolute atomic E-state index is 0.0712. The van der Waals surface area contributed by atoms with Crippen molar-refractivity contribution in [2.75, 3.05) is 25.5 Å². The van der Waals surface area contributed by atoms with E-state index >= 15 is 0 Å². The van der Waals surface area contributed by atoms with Gasteiger partial charge in [0.2, 0.25) is 5.88 Å². The Bertz CT molecular complexity index is 498. The summed E-state index contributed by atoms with van der Waals surface area (Å²) in [5, 5.41) is 7.20. The number of carbonyl (C=O) groups is 1. The SMILES string of the molecule is COc1c(NC(=O)N2CCC(C)C(C)C2)c(C)nn1C. The third-order valence-electron chi connectivity index (χ3n) is 4.22. The Labute approximate surface area is 120 Å². The van der Waals surface area contributed by atoms with Crippen LogP contribution in [0.15, 0.2) is 0 Å². The van der Waals surface area contributed by atoms with E-state index in [1.165, 1.54) is 0 Å². The van der Waals surface area contributed by atoms with E-state index in [1.54, 1.807) is 18.8 Å². The smallest absolute Gasteiger partial charge is 0.322 e. The van der Waals surface area contributed by atoms with Crippen molar-refractivity contribution in [2.24, 2.45) is 18.9 Å². The zero-order valence-corrected chi connectivity index (χ0v) is 12.9. The summed E-state index contributed by atoms with van der Waals surface area (Å²) >= 11 is 0. The van der Waals surface area contributed by atoms with Gasteiger partial charge in [-0.1, -0.05) is 13.8 Å². The number of likely N-dealkylation sites (tertiary alicyclic amines) is 1. The molecule has 0 spiro atoms. The number of hydrogen-bond acceptors (Lipinski definition) is 3. The predicted octanol–water partition coefficient (Wildman–Crippen LogP) is 2.25. The molecule has 2 heterocycles. The van der Waals surface area contributed by atoms with Gasteiger partial charge in [0.05, 0.1) is 12.8 Å². The molecule has 0 radical (unpaired) electrons. The van der Waals surface area contributed by atoms with E-state index in [0.717, 1.165) is 25.2 Å². The van der Waals surface area contributed by atoms with Crippen LogP contribution in [0.5, 0.6) is 5.88 Å². The number of urea groups is 1. The molecule has 1 aromatic rings. The number of carbonyl (C=O) groups excluding carboxylic acids is 1. The Balaban J connectivity index is 2.09. The molecule has 2 rings (SSSR count). The Morgan fingerprint density at radius 1 is 1.40 bits per heavy atom. The minimum Gasteiger partial charge on any atom is -0.480 e. The summed E-state index contributed by atoms with van der Waals surface area (Å²) in [5.41, 5.74) is 1.42. The topological polar surface area (TPSA) is 59.4 Å². The molecule has 1 aliphatic rings. The second-order valence-electron chi connectivity index (χ2n) is 5.71. The second-order valence-corrected chi connectivity index (χ2v) is 5.71. The summed E-state index contributed by atoms with van der Waals surface area (Å²) in [6.07, 6.45) is 1.05. The van der Waals surface area contributed by atoms with Crippen LogP contribution >= 0.6 is 0 Å². The molecule has 112 valence electrons. The average Bonchev–Trinajstić information content (AvgIpc) is 2.67. The minimum atomic E-state index is -0.0712. The molecule has 1 fully saturated rings. The van der Waals surface area contributed by atoms with E-state index in [-0.39, 0.29) is 6.03 Å². The zero-order valence-electron chi connectivity index (χ0n) is 12.9. The summed E-state index contributed by atoms with van der Waals surface area (Å²) in [6.45, 7) is 7.90. The van der Waals surface area contributed by atoms with Gasteiger partial charge >= 0.3 is 6.03 Å². The largest absolute Gasteiger partial charge is 0.480 e. The van der Waals surface area contributed by atoms with Crippen LogP contribution in [0.3, 0.4) is 0 Å². The second kappa shape index (κ2) is 5.73. The Morgan fingerprint density at radius 2 is 2.10 bits per heavy atom. The fraction of sp³-hybridized carbons (Fsp3) is 0.714. The van der Waals surface area contributed by atoms with Crippen LogP contribution < -0.4 is 10.1 Å². The van der Waals surface area contributed by atoms with E-state index in [2.05, 4.69) is 24.3 Å². The maximum absolute atomic E-state index is 12.4. The lowest BCUT2D eigenvalue weighted by atomic mass is 9.89. The van der Waals surface area contributed by atoms with Gasteiger partial charge < -0.3 is 15.0 Å². The van der Waals surface area contributed by atoms with Crippen LogP contribution in [-0.4, -0.2) is 40.9 Å². The number of ether oxygens (including phenoxy) is 1. The summed E-state index contributed by atoms with van der Waals surface area (Å²) in [4.78, 5) is 14.2. The first-order valence-electron chi connectivity index (χ1n) is 7.07. The van der Waals surface area contributed by atoms with Gasteiger partial charge in [0.1, 0.15) is 5.69 Å². The summed E-state index contributed by atoms with van der Waals surface area (Å²) < 4.78 is 6.92. The first kappa shape index (κ1) is 14.7. The lowest BCUT2D eigenvalue weighted by Gasteiger charge is -2.35. The number of amides is 2. The standard InChI is InChI=1S/C14H24N4O2/c1-9-6-7-18(8-10(9)2)14(19)15-12-11(3)16-17(4)13(12)20-5/h9-10H,6-8H2,1-5H3,(H,15,19). The molecule has 0 aliphatic carbocycles. The van der Waals surface area contributed by atoms with Crippen molar-refractivity contribution in [1.29, 1.82) is 0 Å². The fourth-order valence-electron chi connectivity index (χ4n) is 2.65. The van der Waals surface area contributed by atoms with Gasteiger partial charge in [0.25, 0.3) is 0 Å². The number of aryl methyl sites for hydroxylation is 2. The molecule has 0 bridgehead atoms. The molecular weight excluding hydrogens is 256 g/mol. The quantitative estimate of drug-likeness (QED) is 0.904. The molecule has 20 heavy (non-hydrogen) atoms. The van der Waals surface area contributed by atoms with Crippen molar-refractivity contribution in [3.63, 3.8) is 0 Å². The molecule has 1 saturated heterocycles. The number of piperidine rings is 1. The van der Waals surface area contributed by atoms with Crippen molar-refractivity contribution < 1.29 is 9.53 Å². The fourth-order valence-corrected chi connectivity index (χ4v) is 2.65. The first-order valence-corrected chi connectivity index (χ1v) is 7.07. The summed E-state index contributed by atoms with van der Waals surface area (Å²) in [5.74, 6) is 1.79. The number of rotatable bonds is 2. The molecule has 2 atom stereocenters. The molecule has 1 aromatic heterocycles. The Kier molecular flexibility index (Phi) is 4.20. The van der Waals surface area contributed by atoms with Crippen LogP contribution in [0.25, 0.3) is 0 Å². The van der Waals surface area contributed by atoms with Crippen molar-refractivity contribution >= 4 is 11.7 Å². The van der Waals surface area contributed by atoms with Crippen LogP contribution in [0.1, 0.15) is 26.0 Å². The van der Waals surface area contributed by atoms with Gasteiger partial charge in [-0.15, -0.1) is 0 Å². The molecule has 1 aliphatic heterocycles. The third-order valence-corrected chi connectivity index (χ3v) is 4.22. The highest BCUT2D eigenvalue weighted by molar-refractivity contribution is 5.91. The first-order chi connectivity index (χ1) is 9.43. The van der Waals surface area contributed by atoms with Gasteiger partial charge in [0.15, 0.2) is 0 Å². The zero-order chi connectivity index (χ0) is 14.9. The number of methoxy groups -OCH3 is 1. The molecule has 0 aromatic carbocycles. The van der Waals surface area contributed by atoms with E-state index in [4.69, 9.17) is 4.74 Å². The third kappa shape index (κ3) is 2.73. The number of nitrogens with zero attached hydrogens (tertiary/aromatic N) is 3. The lowest BCUT2D eigenvalue weighted by Crippen LogP contribution is -2.44. The molecule has 6 nitrogen and oxygen atoms in total. The molecule has 2 amide bonds. The van der Waals surface area contributed by atoms with Crippen LogP contribution in [0.2, 0.25) is 0 Å². The number of nitrogens with one attached hydrogen (secondary N) is 1. The van der Waals surface area contributed by atoms with Crippen molar-refractivity contribution in [3.05, 3.63) is 5.69 Å². The van der Waals surface area contributed by atoms with E-state index in [9.17, 15) is 4.79 Å². The van der Waals surface area contributed by atoms with E-state index in [1.807, 2.05) is 11.8 Å². The van der Waals surface area contributed by atoms with Crippen LogP contribution in [-0.2, 0) is 7.05 Å². The maximum Gasteiger partial charge on any atom is 0.322 e.